The number of halogens is 3. The van der Waals surface area contributed by atoms with Crippen molar-refractivity contribution in [1.82, 2.24) is 0 Å². The average molecular weight is 231 g/mol. The Morgan fingerprint density at radius 3 is 2.44 bits per heavy atom. The highest BCUT2D eigenvalue weighted by Gasteiger charge is 2.32. The van der Waals surface area contributed by atoms with Gasteiger partial charge in [-0.3, -0.25) is 10.1 Å². The fourth-order valence-corrected chi connectivity index (χ4v) is 1.16. The van der Waals surface area contributed by atoms with E-state index in [0.29, 0.717) is 0 Å². The second-order valence-corrected chi connectivity index (χ2v) is 3.13. The van der Waals surface area contributed by atoms with Gasteiger partial charge in [0.15, 0.2) is 0 Å². The molecule has 0 spiro atoms. The minimum Gasteiger partial charge on any atom is -0.259 e. The molecule has 0 atom stereocenters. The predicted molar refractivity (Wildman–Crippen MR) is 52.1 cm³/mol. The van der Waals surface area contributed by atoms with Gasteiger partial charge in [0.2, 0.25) is 5.70 Å². The van der Waals surface area contributed by atoms with Crippen molar-refractivity contribution in [3.63, 3.8) is 0 Å². The minimum absolute atomic E-state index is 0.204. The zero-order valence-corrected chi connectivity index (χ0v) is 8.28. The number of alkyl halides is 3. The molecule has 0 aliphatic rings. The molecule has 6 heteroatoms. The van der Waals surface area contributed by atoms with Crippen molar-refractivity contribution in [1.29, 1.82) is 0 Å². The Balaban J connectivity index is 3.25. The van der Waals surface area contributed by atoms with Gasteiger partial charge in [0.25, 0.3) is 0 Å². The second kappa shape index (κ2) is 4.34. The molecule has 0 amide bonds. The Morgan fingerprint density at radius 2 is 1.94 bits per heavy atom. The Labute approximate surface area is 89.4 Å². The highest BCUT2D eigenvalue weighted by molar-refractivity contribution is 5.55. The summed E-state index contributed by atoms with van der Waals surface area (Å²) in [5.74, 6) is 0. The third-order valence-corrected chi connectivity index (χ3v) is 1.92. The third-order valence-electron chi connectivity index (χ3n) is 1.92. The van der Waals surface area contributed by atoms with E-state index in [2.05, 4.69) is 0 Å². The standard InChI is InChI=1S/C10H8F3NO2/c1-7(14(15)16)6-8-4-2-3-5-9(8)10(11,12)13/h2-6H,1H3/b7-6-. The van der Waals surface area contributed by atoms with Gasteiger partial charge in [-0.2, -0.15) is 13.2 Å². The van der Waals surface area contributed by atoms with Gasteiger partial charge in [-0.15, -0.1) is 0 Å². The first-order valence-corrected chi connectivity index (χ1v) is 4.31. The number of hydrogen-bond donors (Lipinski definition) is 0. The van der Waals surface area contributed by atoms with Gasteiger partial charge < -0.3 is 0 Å². The van der Waals surface area contributed by atoms with E-state index >= 15 is 0 Å². The Bertz CT molecular complexity index is 438. The van der Waals surface area contributed by atoms with Crippen LogP contribution in [-0.4, -0.2) is 4.92 Å². The molecule has 1 aromatic rings. The van der Waals surface area contributed by atoms with Crippen LogP contribution in [0.5, 0.6) is 0 Å². The van der Waals surface area contributed by atoms with E-state index in [1.807, 2.05) is 0 Å². The van der Waals surface area contributed by atoms with Crippen LogP contribution < -0.4 is 0 Å². The lowest BCUT2D eigenvalue weighted by atomic mass is 10.1. The lowest BCUT2D eigenvalue weighted by Gasteiger charge is -2.09. The lowest BCUT2D eigenvalue weighted by molar-refractivity contribution is -0.422. The molecule has 16 heavy (non-hydrogen) atoms. The van der Waals surface area contributed by atoms with Crippen molar-refractivity contribution in [3.8, 4) is 0 Å². The monoisotopic (exact) mass is 231 g/mol. The molecule has 0 N–H and O–H groups in total. The van der Waals surface area contributed by atoms with Crippen LogP contribution in [0.15, 0.2) is 30.0 Å². The first-order chi connectivity index (χ1) is 7.32. The summed E-state index contributed by atoms with van der Waals surface area (Å²) < 4.78 is 37.5. The van der Waals surface area contributed by atoms with Crippen LogP contribution in [0.25, 0.3) is 6.08 Å². The zero-order valence-electron chi connectivity index (χ0n) is 8.28. The van der Waals surface area contributed by atoms with Crippen LogP contribution >= 0.6 is 0 Å². The van der Waals surface area contributed by atoms with Crippen LogP contribution in [0.3, 0.4) is 0 Å². The molecule has 86 valence electrons. The van der Waals surface area contributed by atoms with E-state index in [9.17, 15) is 23.3 Å². The smallest absolute Gasteiger partial charge is 0.259 e. The molecule has 0 bridgehead atoms. The predicted octanol–water partition coefficient (Wildman–Crippen LogP) is 3.34. The molecule has 0 heterocycles. The fourth-order valence-electron chi connectivity index (χ4n) is 1.16. The molecule has 0 saturated heterocycles. The maximum absolute atomic E-state index is 12.5. The van der Waals surface area contributed by atoms with E-state index < -0.39 is 16.7 Å². The van der Waals surface area contributed by atoms with Crippen LogP contribution in [0.2, 0.25) is 0 Å². The molecule has 3 nitrogen and oxygen atoms in total. The largest absolute Gasteiger partial charge is 0.416 e. The lowest BCUT2D eigenvalue weighted by Crippen LogP contribution is -2.07. The van der Waals surface area contributed by atoms with Gasteiger partial charge in [0.05, 0.1) is 10.5 Å². The summed E-state index contributed by atoms with van der Waals surface area (Å²) in [6.07, 6.45) is -3.60. The molecular weight excluding hydrogens is 223 g/mol. The molecule has 0 aromatic heterocycles. The maximum Gasteiger partial charge on any atom is 0.416 e. The van der Waals surface area contributed by atoms with Gasteiger partial charge in [0, 0.05) is 13.0 Å². The number of nitrogens with zero attached hydrogens (tertiary/aromatic N) is 1. The quantitative estimate of drug-likeness (QED) is 0.578. The molecule has 0 unspecified atom stereocenters. The van der Waals surface area contributed by atoms with E-state index in [0.717, 1.165) is 19.1 Å². The van der Waals surface area contributed by atoms with E-state index in [4.69, 9.17) is 0 Å². The van der Waals surface area contributed by atoms with E-state index in [-0.39, 0.29) is 11.3 Å². The van der Waals surface area contributed by atoms with E-state index in [1.54, 1.807) is 0 Å². The third kappa shape index (κ3) is 2.82. The molecule has 1 rings (SSSR count). The van der Waals surface area contributed by atoms with Gasteiger partial charge in [0.1, 0.15) is 0 Å². The average Bonchev–Trinajstić information content (AvgIpc) is 2.16. The Hall–Kier alpha value is -1.85. The summed E-state index contributed by atoms with van der Waals surface area (Å²) in [5, 5.41) is 10.3. The molecular formula is C10H8F3NO2. The highest BCUT2D eigenvalue weighted by Crippen LogP contribution is 2.32. The summed E-state index contributed by atoms with van der Waals surface area (Å²) in [6.45, 7) is 1.15. The van der Waals surface area contributed by atoms with Crippen molar-refractivity contribution in [2.45, 2.75) is 13.1 Å². The molecule has 0 aliphatic heterocycles. The van der Waals surface area contributed by atoms with Gasteiger partial charge >= 0.3 is 6.18 Å². The number of hydrogen-bond acceptors (Lipinski definition) is 2. The number of nitro groups is 1. The van der Waals surface area contributed by atoms with Crippen molar-refractivity contribution in [3.05, 3.63) is 51.2 Å². The molecule has 0 radical (unpaired) electrons. The number of rotatable bonds is 2. The zero-order chi connectivity index (χ0) is 12.3. The summed E-state index contributed by atoms with van der Waals surface area (Å²) in [6, 6.07) is 4.71. The molecule has 1 aromatic carbocycles. The normalized spacial score (nSPS) is 12.6. The van der Waals surface area contributed by atoms with Crippen molar-refractivity contribution in [2.75, 3.05) is 0 Å². The van der Waals surface area contributed by atoms with Gasteiger partial charge in [-0.05, 0) is 11.6 Å². The summed E-state index contributed by atoms with van der Waals surface area (Å²) in [5.41, 5.74) is -1.42. The van der Waals surface area contributed by atoms with Crippen LogP contribution in [0.4, 0.5) is 13.2 Å². The Morgan fingerprint density at radius 1 is 1.38 bits per heavy atom. The van der Waals surface area contributed by atoms with Gasteiger partial charge in [-0.1, -0.05) is 18.2 Å². The molecule has 0 fully saturated rings. The summed E-state index contributed by atoms with van der Waals surface area (Å²) in [4.78, 5) is 9.59. The topological polar surface area (TPSA) is 43.1 Å². The van der Waals surface area contributed by atoms with Crippen molar-refractivity contribution in [2.24, 2.45) is 0 Å². The second-order valence-electron chi connectivity index (χ2n) is 3.13. The first-order valence-electron chi connectivity index (χ1n) is 4.31. The Kier molecular flexibility index (Phi) is 3.31. The van der Waals surface area contributed by atoms with Crippen LogP contribution in [0.1, 0.15) is 18.1 Å². The van der Waals surface area contributed by atoms with Crippen molar-refractivity contribution >= 4 is 6.08 Å². The maximum atomic E-state index is 12.5. The van der Waals surface area contributed by atoms with Crippen LogP contribution in [0, 0.1) is 10.1 Å². The molecule has 0 saturated carbocycles. The summed E-state index contributed by atoms with van der Waals surface area (Å²) in [7, 11) is 0. The first kappa shape index (κ1) is 12.2. The van der Waals surface area contributed by atoms with Crippen LogP contribution in [-0.2, 0) is 6.18 Å². The fraction of sp³-hybridized carbons (Fsp3) is 0.200. The van der Waals surface area contributed by atoms with Gasteiger partial charge in [-0.25, -0.2) is 0 Å². The minimum atomic E-state index is -4.51. The highest BCUT2D eigenvalue weighted by atomic mass is 19.4. The number of allylic oxidation sites excluding steroid dienone is 1. The van der Waals surface area contributed by atoms with E-state index in [1.165, 1.54) is 18.2 Å². The number of benzene rings is 1. The van der Waals surface area contributed by atoms with Crippen molar-refractivity contribution < 1.29 is 18.1 Å². The summed E-state index contributed by atoms with van der Waals surface area (Å²) >= 11 is 0. The SMILES string of the molecule is C/C(=C/c1ccccc1C(F)(F)F)[N+](=O)[O-]. The molecule has 0 aliphatic carbocycles.